The van der Waals surface area contributed by atoms with Crippen molar-refractivity contribution in [2.75, 3.05) is 30.3 Å². The summed E-state index contributed by atoms with van der Waals surface area (Å²) in [5.74, 6) is 0.121. The molecule has 2 fully saturated rings. The molecule has 5 N–H and O–H groups in total. The lowest BCUT2D eigenvalue weighted by Gasteiger charge is -2.36. The molecule has 0 radical (unpaired) electrons. The molecule has 2 saturated heterocycles. The van der Waals surface area contributed by atoms with E-state index in [-0.39, 0.29) is 29.4 Å². The lowest BCUT2D eigenvalue weighted by atomic mass is 9.89. The number of hydrogen-bond acceptors (Lipinski definition) is 9. The number of hydrogen-bond donors (Lipinski definition) is 3. The van der Waals surface area contributed by atoms with Crippen LogP contribution < -0.4 is 21.7 Å². The number of nitrogens with one attached hydrogen (secondary N) is 1. The second-order valence-electron chi connectivity index (χ2n) is 9.87. The maximum absolute atomic E-state index is 15.3. The van der Waals surface area contributed by atoms with Gasteiger partial charge in [0.15, 0.2) is 0 Å². The van der Waals surface area contributed by atoms with Gasteiger partial charge in [0.1, 0.15) is 26.9 Å². The Kier molecular flexibility index (Phi) is 5.70. The summed E-state index contributed by atoms with van der Waals surface area (Å²) in [7, 11) is 0. The largest absolute Gasteiger partial charge is 0.396 e. The van der Waals surface area contributed by atoms with Gasteiger partial charge >= 0.3 is 0 Å². The number of fused-ring (bicyclic) bond motifs is 2. The van der Waals surface area contributed by atoms with Gasteiger partial charge in [-0.1, -0.05) is 0 Å². The minimum absolute atomic E-state index is 0.109. The van der Waals surface area contributed by atoms with Crippen LogP contribution in [-0.2, 0) is 17.6 Å². The molecule has 1 amide bonds. The topological polar surface area (TPSA) is 119 Å². The number of amides is 1. The quantitative estimate of drug-likeness (QED) is 0.489. The molecule has 1 aliphatic carbocycles. The van der Waals surface area contributed by atoms with E-state index in [2.05, 4.69) is 15.2 Å². The number of pyridine rings is 1. The van der Waals surface area contributed by atoms with Gasteiger partial charge in [0.25, 0.3) is 5.91 Å². The second-order valence-corrected chi connectivity index (χ2v) is 12.1. The lowest BCUT2D eigenvalue weighted by Crippen LogP contribution is -2.51. The second kappa shape index (κ2) is 8.65. The van der Waals surface area contributed by atoms with Crippen molar-refractivity contribution >= 4 is 49.6 Å². The van der Waals surface area contributed by atoms with Crippen molar-refractivity contribution < 1.29 is 13.9 Å². The van der Waals surface area contributed by atoms with E-state index in [1.54, 1.807) is 0 Å². The number of anilines is 2. The molecule has 5 heterocycles. The van der Waals surface area contributed by atoms with Gasteiger partial charge in [-0.3, -0.25) is 4.79 Å². The van der Waals surface area contributed by atoms with Crippen LogP contribution in [0.5, 0.6) is 0 Å². The summed E-state index contributed by atoms with van der Waals surface area (Å²) in [5.41, 5.74) is 14.1. The number of carbonyl (C=O) groups is 1. The summed E-state index contributed by atoms with van der Waals surface area (Å²) in [5, 5.41) is 3.98. The van der Waals surface area contributed by atoms with Crippen LogP contribution in [0.25, 0.3) is 9.53 Å². The van der Waals surface area contributed by atoms with Crippen molar-refractivity contribution in [1.29, 1.82) is 0 Å². The summed E-state index contributed by atoms with van der Waals surface area (Å²) in [4.78, 5) is 25.5. The highest BCUT2D eigenvalue weighted by molar-refractivity contribution is 7.29. The van der Waals surface area contributed by atoms with Crippen molar-refractivity contribution in [3.63, 3.8) is 0 Å². The molecule has 3 aliphatic rings. The first kappa shape index (κ1) is 23.1. The molecule has 0 aromatic carbocycles. The van der Waals surface area contributed by atoms with Gasteiger partial charge in [-0.15, -0.1) is 22.7 Å². The van der Waals surface area contributed by atoms with Crippen LogP contribution in [0.3, 0.4) is 0 Å². The Morgan fingerprint density at radius 1 is 1.34 bits per heavy atom. The number of halogens is 1. The van der Waals surface area contributed by atoms with Crippen LogP contribution in [0, 0.1) is 12.7 Å². The third-order valence-corrected chi connectivity index (χ3v) is 9.75. The number of nitrogen functional groups attached to an aromatic ring is 1. The number of nitrogens with zero attached hydrogens (tertiary/aromatic N) is 3. The SMILES string of the molecule is Cc1nc2sc(C(=O)NC3CCc4nc(N5CC(N)C6(CCCCO6)C5)cc(F)c4C3)c(N)c2s1. The van der Waals surface area contributed by atoms with Crippen LogP contribution in [0.4, 0.5) is 15.9 Å². The molecule has 3 unspecified atom stereocenters. The van der Waals surface area contributed by atoms with Crippen LogP contribution in [-0.4, -0.2) is 53.3 Å². The summed E-state index contributed by atoms with van der Waals surface area (Å²) in [6.07, 6.45) is 4.80. The number of ether oxygens (including phenoxy) is 1. The van der Waals surface area contributed by atoms with Gasteiger partial charge in [-0.2, -0.15) is 0 Å². The normalized spacial score (nSPS) is 26.4. The van der Waals surface area contributed by atoms with Gasteiger partial charge < -0.3 is 26.4 Å². The average Bonchev–Trinajstić information content (AvgIpc) is 3.46. The van der Waals surface area contributed by atoms with Crippen molar-refractivity contribution in [1.82, 2.24) is 15.3 Å². The van der Waals surface area contributed by atoms with E-state index >= 15 is 4.39 Å². The van der Waals surface area contributed by atoms with Crippen molar-refractivity contribution in [3.05, 3.63) is 33.0 Å². The van der Waals surface area contributed by atoms with Crippen LogP contribution in [0.1, 0.15) is 51.6 Å². The molecule has 3 atom stereocenters. The molecule has 0 bridgehead atoms. The Hall–Kier alpha value is -2.34. The number of thiazole rings is 1. The Balaban J connectivity index is 1.17. The Labute approximate surface area is 210 Å². The minimum atomic E-state index is -0.353. The van der Waals surface area contributed by atoms with E-state index in [9.17, 15) is 4.79 Å². The van der Waals surface area contributed by atoms with E-state index in [1.165, 1.54) is 28.7 Å². The molecule has 2 aliphatic heterocycles. The van der Waals surface area contributed by atoms with Gasteiger partial charge in [-0.05, 0) is 45.4 Å². The first-order valence-corrected chi connectivity index (χ1v) is 13.8. The summed E-state index contributed by atoms with van der Waals surface area (Å²) in [6, 6.07) is 1.23. The zero-order valence-electron chi connectivity index (χ0n) is 19.6. The zero-order valence-corrected chi connectivity index (χ0v) is 21.2. The van der Waals surface area contributed by atoms with E-state index in [1.807, 2.05) is 6.92 Å². The fraction of sp³-hybridized carbons (Fsp3) is 0.542. The van der Waals surface area contributed by atoms with E-state index < -0.39 is 0 Å². The fourth-order valence-corrected chi connectivity index (χ4v) is 7.73. The van der Waals surface area contributed by atoms with Crippen LogP contribution >= 0.6 is 22.7 Å². The minimum Gasteiger partial charge on any atom is -0.396 e. The number of aromatic nitrogens is 2. The van der Waals surface area contributed by atoms with Gasteiger partial charge in [0, 0.05) is 36.5 Å². The van der Waals surface area contributed by atoms with Crippen molar-refractivity contribution in [2.45, 2.75) is 63.1 Å². The first-order chi connectivity index (χ1) is 16.8. The maximum atomic E-state index is 15.3. The van der Waals surface area contributed by atoms with E-state index in [0.29, 0.717) is 54.3 Å². The zero-order chi connectivity index (χ0) is 24.3. The van der Waals surface area contributed by atoms with Gasteiger partial charge in [-0.25, -0.2) is 14.4 Å². The summed E-state index contributed by atoms with van der Waals surface area (Å²) >= 11 is 2.80. The van der Waals surface area contributed by atoms with Gasteiger partial charge in [0.2, 0.25) is 0 Å². The number of nitrogens with two attached hydrogens (primary N) is 2. The number of rotatable bonds is 3. The predicted octanol–water partition coefficient (Wildman–Crippen LogP) is 3.16. The van der Waals surface area contributed by atoms with Crippen LogP contribution in [0.2, 0.25) is 0 Å². The standard InChI is InChI=1S/C24H29FN6O2S2/c1-12-28-23-21(34-12)19(27)20(35-23)22(32)29-13-4-5-16-14(8-13)15(25)9-18(30-16)31-10-17(26)24(11-31)6-2-3-7-33-24/h9,13,17H,2-8,10-11,26-27H2,1H3,(H,29,32). The molecule has 6 rings (SSSR count). The highest BCUT2D eigenvalue weighted by Gasteiger charge is 2.47. The third-order valence-electron chi connectivity index (χ3n) is 7.51. The molecule has 3 aromatic heterocycles. The molecule has 186 valence electrons. The molecule has 11 heteroatoms. The number of carbonyl (C=O) groups excluding carboxylic acids is 1. The number of aryl methyl sites for hydroxylation is 2. The summed E-state index contributed by atoms with van der Waals surface area (Å²) in [6.45, 7) is 3.90. The highest BCUT2D eigenvalue weighted by atomic mass is 32.1. The first-order valence-electron chi connectivity index (χ1n) is 12.1. The van der Waals surface area contributed by atoms with Crippen LogP contribution in [0.15, 0.2) is 6.07 Å². The number of thiophene rings is 1. The monoisotopic (exact) mass is 516 g/mol. The Morgan fingerprint density at radius 2 is 2.20 bits per heavy atom. The lowest BCUT2D eigenvalue weighted by molar-refractivity contribution is -0.0717. The molecular weight excluding hydrogens is 487 g/mol. The molecular formula is C24H29FN6O2S2. The molecule has 3 aromatic rings. The highest BCUT2D eigenvalue weighted by Crippen LogP contribution is 2.38. The molecule has 35 heavy (non-hydrogen) atoms. The van der Waals surface area contributed by atoms with Gasteiger partial charge in [0.05, 0.1) is 28.0 Å². The molecule has 0 saturated carbocycles. The smallest absolute Gasteiger partial charge is 0.263 e. The van der Waals surface area contributed by atoms with E-state index in [0.717, 1.165) is 46.1 Å². The Morgan fingerprint density at radius 3 is 2.97 bits per heavy atom. The predicted molar refractivity (Wildman–Crippen MR) is 137 cm³/mol. The molecule has 8 nitrogen and oxygen atoms in total. The van der Waals surface area contributed by atoms with E-state index in [4.69, 9.17) is 21.2 Å². The average molecular weight is 517 g/mol. The maximum Gasteiger partial charge on any atom is 0.263 e. The third kappa shape index (κ3) is 3.98. The van der Waals surface area contributed by atoms with Crippen molar-refractivity contribution in [3.8, 4) is 0 Å². The summed E-state index contributed by atoms with van der Waals surface area (Å²) < 4.78 is 22.3. The fourth-order valence-electron chi connectivity index (χ4n) is 5.64. The molecule has 1 spiro atoms. The van der Waals surface area contributed by atoms with Crippen molar-refractivity contribution in [2.24, 2.45) is 5.73 Å². The Bertz CT molecular complexity index is 1300.